The van der Waals surface area contributed by atoms with Crippen LogP contribution >= 0.6 is 12.6 Å². The first kappa shape index (κ1) is 9.45. The Morgan fingerprint density at radius 3 is 2.30 bits per heavy atom. The van der Waals surface area contributed by atoms with Crippen molar-refractivity contribution in [3.05, 3.63) is 0 Å². The molecule has 0 aromatic heterocycles. The van der Waals surface area contributed by atoms with Gasteiger partial charge in [-0.1, -0.05) is 0 Å². The van der Waals surface area contributed by atoms with E-state index in [-0.39, 0.29) is 5.75 Å². The lowest BCUT2D eigenvalue weighted by Crippen LogP contribution is -2.24. The van der Waals surface area contributed by atoms with Crippen LogP contribution in [0.2, 0.25) is 0 Å². The van der Waals surface area contributed by atoms with Gasteiger partial charge in [0.25, 0.3) is 0 Å². The third-order valence-electron chi connectivity index (χ3n) is 0.870. The summed E-state index contributed by atoms with van der Waals surface area (Å²) in [5.41, 5.74) is 0. The first-order chi connectivity index (χ1) is 4.57. The summed E-state index contributed by atoms with van der Waals surface area (Å²) in [6, 6.07) is 0. The Labute approximate surface area is 63.3 Å². The zero-order valence-electron chi connectivity index (χ0n) is 5.15. The highest BCUT2D eigenvalue weighted by molar-refractivity contribution is 7.80. The molecule has 0 unspecified atom stereocenters. The Kier molecular flexibility index (Phi) is 4.06. The quantitative estimate of drug-likeness (QED) is 0.380. The molecule has 0 radical (unpaired) electrons. The molecule has 2 N–H and O–H groups in total. The molecule has 0 saturated carbocycles. The summed E-state index contributed by atoms with van der Waals surface area (Å²) in [5, 5.41) is 16.8. The maximum absolute atomic E-state index is 10.5. The molecule has 5 heteroatoms. The molecule has 0 aromatic carbocycles. The molecule has 0 rings (SSSR count). The lowest BCUT2D eigenvalue weighted by molar-refractivity contribution is -0.142. The molecule has 1 atom stereocenters. The lowest BCUT2D eigenvalue weighted by Gasteiger charge is -2.01. The molecule has 58 valence electrons. The van der Waals surface area contributed by atoms with Gasteiger partial charge in [0, 0.05) is 5.75 Å². The summed E-state index contributed by atoms with van der Waals surface area (Å²) in [6.45, 7) is 0. The van der Waals surface area contributed by atoms with Gasteiger partial charge in [0.2, 0.25) is 0 Å². The highest BCUT2D eigenvalue weighted by Gasteiger charge is 2.15. The number of Topliss-reactive ketones (excluding diaryl/α,β-unsaturated/α-hetero) is 1. The molecule has 0 bridgehead atoms. The monoisotopic (exact) mass is 164 g/mol. The van der Waals surface area contributed by atoms with Crippen LogP contribution in [-0.2, 0) is 9.59 Å². The van der Waals surface area contributed by atoms with Gasteiger partial charge in [0.15, 0.2) is 5.78 Å². The second-order valence-corrected chi connectivity index (χ2v) is 2.10. The van der Waals surface area contributed by atoms with Crippen LogP contribution in [-0.4, -0.2) is 33.8 Å². The molecule has 0 aliphatic rings. The number of hydrogen-bond acceptors (Lipinski definition) is 4. The first-order valence-electron chi connectivity index (χ1n) is 2.61. The van der Waals surface area contributed by atoms with Crippen molar-refractivity contribution in [2.75, 3.05) is 5.75 Å². The van der Waals surface area contributed by atoms with Gasteiger partial charge in [0.05, 0.1) is 0 Å². The van der Waals surface area contributed by atoms with E-state index in [4.69, 9.17) is 10.2 Å². The maximum Gasteiger partial charge on any atom is 0.310 e. The highest BCUT2D eigenvalue weighted by Crippen LogP contribution is 1.93. The number of carbonyl (C=O) groups is 2. The number of carboxylic acid groups (broad SMARTS) is 1. The molecule has 0 aliphatic heterocycles. The van der Waals surface area contributed by atoms with E-state index in [9.17, 15) is 9.59 Å². The zero-order chi connectivity index (χ0) is 8.15. The van der Waals surface area contributed by atoms with E-state index in [1.54, 1.807) is 0 Å². The van der Waals surface area contributed by atoms with E-state index < -0.39 is 24.3 Å². The van der Waals surface area contributed by atoms with E-state index >= 15 is 0 Å². The Morgan fingerprint density at radius 1 is 1.50 bits per heavy atom. The SMILES string of the molecule is O=C(O)CC(=O)[C@@H](O)CS. The average Bonchev–Trinajstić information content (AvgIpc) is 1.85. The van der Waals surface area contributed by atoms with Crippen molar-refractivity contribution in [1.82, 2.24) is 0 Å². The number of carboxylic acids is 1. The Bertz CT molecular complexity index is 145. The maximum atomic E-state index is 10.5. The molecule has 4 nitrogen and oxygen atoms in total. The van der Waals surface area contributed by atoms with Gasteiger partial charge >= 0.3 is 5.97 Å². The van der Waals surface area contributed by atoms with Gasteiger partial charge in [-0.3, -0.25) is 9.59 Å². The van der Waals surface area contributed by atoms with Crippen molar-refractivity contribution in [3.8, 4) is 0 Å². The molecule has 0 spiro atoms. The second kappa shape index (κ2) is 4.29. The summed E-state index contributed by atoms with van der Waals surface area (Å²) < 4.78 is 0. The number of hydrogen-bond donors (Lipinski definition) is 3. The van der Waals surface area contributed by atoms with Gasteiger partial charge in [-0.25, -0.2) is 0 Å². The van der Waals surface area contributed by atoms with Crippen LogP contribution in [0.4, 0.5) is 0 Å². The van der Waals surface area contributed by atoms with Crippen molar-refractivity contribution in [3.63, 3.8) is 0 Å². The highest BCUT2D eigenvalue weighted by atomic mass is 32.1. The normalized spacial score (nSPS) is 12.6. The summed E-state index contributed by atoms with van der Waals surface area (Å²) in [4.78, 5) is 20.4. The third-order valence-corrected chi connectivity index (χ3v) is 1.22. The van der Waals surface area contributed by atoms with Gasteiger partial charge in [-0.15, -0.1) is 0 Å². The van der Waals surface area contributed by atoms with Crippen LogP contribution in [0.25, 0.3) is 0 Å². The zero-order valence-corrected chi connectivity index (χ0v) is 6.04. The Morgan fingerprint density at radius 2 is 2.00 bits per heavy atom. The average molecular weight is 164 g/mol. The molecule has 10 heavy (non-hydrogen) atoms. The van der Waals surface area contributed by atoms with Gasteiger partial charge < -0.3 is 10.2 Å². The minimum Gasteiger partial charge on any atom is -0.481 e. The van der Waals surface area contributed by atoms with Gasteiger partial charge in [-0.05, 0) is 0 Å². The predicted molar refractivity (Wildman–Crippen MR) is 37.1 cm³/mol. The Hall–Kier alpha value is -0.550. The van der Waals surface area contributed by atoms with Crippen LogP contribution in [0.3, 0.4) is 0 Å². The van der Waals surface area contributed by atoms with E-state index in [0.29, 0.717) is 0 Å². The number of aliphatic carboxylic acids is 1. The van der Waals surface area contributed by atoms with Crippen molar-refractivity contribution in [2.45, 2.75) is 12.5 Å². The second-order valence-electron chi connectivity index (χ2n) is 1.74. The minimum atomic E-state index is -1.25. The molecule has 0 heterocycles. The largest absolute Gasteiger partial charge is 0.481 e. The fraction of sp³-hybridized carbons (Fsp3) is 0.600. The van der Waals surface area contributed by atoms with Crippen LogP contribution in [0.1, 0.15) is 6.42 Å². The number of ketones is 1. The summed E-state index contributed by atoms with van der Waals surface area (Å²) in [7, 11) is 0. The van der Waals surface area contributed by atoms with Crippen LogP contribution in [0, 0.1) is 0 Å². The molecule has 0 aromatic rings. The van der Waals surface area contributed by atoms with Crippen molar-refractivity contribution < 1.29 is 19.8 Å². The van der Waals surface area contributed by atoms with Crippen molar-refractivity contribution in [2.24, 2.45) is 0 Å². The summed E-state index contributed by atoms with van der Waals surface area (Å²) in [6.07, 6.45) is -1.89. The fourth-order valence-corrected chi connectivity index (χ4v) is 0.572. The molecule has 0 fully saturated rings. The predicted octanol–water partition coefficient (Wildman–Crippen LogP) is -0.679. The van der Waals surface area contributed by atoms with Crippen LogP contribution < -0.4 is 0 Å². The molecular formula is C5H8O4S. The van der Waals surface area contributed by atoms with E-state index in [0.717, 1.165) is 0 Å². The molecule has 0 aliphatic carbocycles. The van der Waals surface area contributed by atoms with E-state index in [2.05, 4.69) is 12.6 Å². The molecule has 0 amide bonds. The van der Waals surface area contributed by atoms with Gasteiger partial charge in [0.1, 0.15) is 12.5 Å². The Balaban J connectivity index is 3.73. The summed E-state index contributed by atoms with van der Waals surface area (Å²) in [5.74, 6) is -1.97. The van der Waals surface area contributed by atoms with Gasteiger partial charge in [-0.2, -0.15) is 12.6 Å². The number of carbonyl (C=O) groups excluding carboxylic acids is 1. The number of aliphatic hydroxyl groups is 1. The molecule has 0 saturated heterocycles. The number of rotatable bonds is 4. The van der Waals surface area contributed by atoms with Crippen molar-refractivity contribution >= 4 is 24.4 Å². The smallest absolute Gasteiger partial charge is 0.310 e. The van der Waals surface area contributed by atoms with Crippen molar-refractivity contribution in [1.29, 1.82) is 0 Å². The molecular weight excluding hydrogens is 156 g/mol. The van der Waals surface area contributed by atoms with Crippen LogP contribution in [0.15, 0.2) is 0 Å². The van der Waals surface area contributed by atoms with Crippen LogP contribution in [0.5, 0.6) is 0 Å². The first-order valence-corrected chi connectivity index (χ1v) is 3.24. The topological polar surface area (TPSA) is 74.6 Å². The van der Waals surface area contributed by atoms with E-state index in [1.807, 2.05) is 0 Å². The number of aliphatic hydroxyl groups excluding tert-OH is 1. The lowest BCUT2D eigenvalue weighted by atomic mass is 10.2. The third kappa shape index (κ3) is 3.47. The standard InChI is InChI=1S/C5H8O4S/c6-3(1-5(8)9)4(7)2-10/h4,7,10H,1-2H2,(H,8,9)/t4-/m0/s1. The number of thiol groups is 1. The fourth-order valence-electron chi connectivity index (χ4n) is 0.369. The summed E-state index contributed by atoms with van der Waals surface area (Å²) >= 11 is 3.61. The van der Waals surface area contributed by atoms with E-state index in [1.165, 1.54) is 0 Å². The minimum absolute atomic E-state index is 0.0356.